The van der Waals surface area contributed by atoms with E-state index in [1.807, 2.05) is 38.5 Å². The summed E-state index contributed by atoms with van der Waals surface area (Å²) in [6.07, 6.45) is 3.57. The standard InChI is InChI=1S/C16H21N3O2/c1-4-19-11-17-9-15(19)10-18-14-7-5-13(6-8-14)16(20)21-12(2)3/h5-9,11-12,18H,4,10H2,1-3H3. The van der Waals surface area contributed by atoms with Gasteiger partial charge in [-0.05, 0) is 45.0 Å². The molecule has 0 radical (unpaired) electrons. The summed E-state index contributed by atoms with van der Waals surface area (Å²) in [4.78, 5) is 15.9. The number of anilines is 1. The largest absolute Gasteiger partial charge is 0.459 e. The van der Waals surface area contributed by atoms with Crippen LogP contribution in [0.5, 0.6) is 0 Å². The van der Waals surface area contributed by atoms with Crippen molar-refractivity contribution in [3.05, 3.63) is 48.0 Å². The lowest BCUT2D eigenvalue weighted by Gasteiger charge is -2.10. The van der Waals surface area contributed by atoms with Crippen molar-refractivity contribution in [2.24, 2.45) is 0 Å². The number of aryl methyl sites for hydroxylation is 1. The van der Waals surface area contributed by atoms with E-state index in [1.165, 1.54) is 0 Å². The van der Waals surface area contributed by atoms with E-state index in [1.54, 1.807) is 12.1 Å². The number of hydrogen-bond acceptors (Lipinski definition) is 4. The first-order valence-electron chi connectivity index (χ1n) is 7.14. The maximum absolute atomic E-state index is 11.7. The van der Waals surface area contributed by atoms with Gasteiger partial charge in [-0.3, -0.25) is 0 Å². The van der Waals surface area contributed by atoms with Gasteiger partial charge in [-0.25, -0.2) is 9.78 Å². The molecule has 0 amide bonds. The Bertz CT molecular complexity index is 588. The summed E-state index contributed by atoms with van der Waals surface area (Å²) in [5, 5.41) is 3.32. The molecule has 2 aromatic rings. The third-order valence-corrected chi connectivity index (χ3v) is 3.08. The molecule has 0 spiro atoms. The van der Waals surface area contributed by atoms with Crippen LogP contribution in [0.25, 0.3) is 0 Å². The highest BCUT2D eigenvalue weighted by molar-refractivity contribution is 5.89. The average Bonchev–Trinajstić information content (AvgIpc) is 2.92. The van der Waals surface area contributed by atoms with Crippen molar-refractivity contribution >= 4 is 11.7 Å². The molecule has 0 unspecified atom stereocenters. The highest BCUT2D eigenvalue weighted by atomic mass is 16.5. The van der Waals surface area contributed by atoms with Gasteiger partial charge in [0.2, 0.25) is 0 Å². The maximum Gasteiger partial charge on any atom is 0.338 e. The van der Waals surface area contributed by atoms with Crippen molar-refractivity contribution in [1.29, 1.82) is 0 Å². The molecule has 0 saturated heterocycles. The first-order valence-corrected chi connectivity index (χ1v) is 7.14. The van der Waals surface area contributed by atoms with Crippen molar-refractivity contribution in [2.75, 3.05) is 5.32 Å². The highest BCUT2D eigenvalue weighted by Gasteiger charge is 2.08. The number of imidazole rings is 1. The third kappa shape index (κ3) is 4.08. The predicted octanol–water partition coefficient (Wildman–Crippen LogP) is 3.08. The summed E-state index contributed by atoms with van der Waals surface area (Å²) < 4.78 is 7.24. The number of carbonyl (C=O) groups excluding carboxylic acids is 1. The summed E-state index contributed by atoms with van der Waals surface area (Å²) >= 11 is 0. The van der Waals surface area contributed by atoms with Crippen LogP contribution in [0, 0.1) is 0 Å². The van der Waals surface area contributed by atoms with Gasteiger partial charge in [0.1, 0.15) is 0 Å². The summed E-state index contributed by atoms with van der Waals surface area (Å²) in [6.45, 7) is 7.36. The molecule has 5 heteroatoms. The minimum absolute atomic E-state index is 0.107. The fourth-order valence-electron chi connectivity index (χ4n) is 1.98. The summed E-state index contributed by atoms with van der Waals surface area (Å²) in [5.41, 5.74) is 2.65. The number of hydrogen-bond donors (Lipinski definition) is 1. The highest BCUT2D eigenvalue weighted by Crippen LogP contribution is 2.12. The lowest BCUT2D eigenvalue weighted by atomic mass is 10.2. The number of carbonyl (C=O) groups is 1. The number of ether oxygens (including phenoxy) is 1. The molecule has 0 aliphatic carbocycles. The average molecular weight is 287 g/mol. The summed E-state index contributed by atoms with van der Waals surface area (Å²) in [7, 11) is 0. The Balaban J connectivity index is 1.95. The molecule has 0 aliphatic heterocycles. The second-order valence-electron chi connectivity index (χ2n) is 5.06. The molecule has 1 aromatic carbocycles. The Morgan fingerprint density at radius 3 is 2.67 bits per heavy atom. The van der Waals surface area contributed by atoms with Crippen LogP contribution in [0.4, 0.5) is 5.69 Å². The van der Waals surface area contributed by atoms with Crippen LogP contribution >= 0.6 is 0 Å². The van der Waals surface area contributed by atoms with Crippen LogP contribution in [-0.2, 0) is 17.8 Å². The molecule has 0 fully saturated rings. The summed E-state index contributed by atoms with van der Waals surface area (Å²) in [6, 6.07) is 7.29. The summed E-state index contributed by atoms with van der Waals surface area (Å²) in [5.74, 6) is -0.291. The fraction of sp³-hybridized carbons (Fsp3) is 0.375. The molecule has 0 saturated carbocycles. The van der Waals surface area contributed by atoms with Crippen molar-refractivity contribution in [1.82, 2.24) is 9.55 Å². The molecule has 5 nitrogen and oxygen atoms in total. The van der Waals surface area contributed by atoms with Gasteiger partial charge in [0, 0.05) is 18.4 Å². The van der Waals surface area contributed by atoms with Crippen LogP contribution in [0.15, 0.2) is 36.8 Å². The van der Waals surface area contributed by atoms with E-state index in [0.29, 0.717) is 12.1 Å². The molecular formula is C16H21N3O2. The van der Waals surface area contributed by atoms with Crippen molar-refractivity contribution in [3.63, 3.8) is 0 Å². The second kappa shape index (κ2) is 6.92. The number of aromatic nitrogens is 2. The van der Waals surface area contributed by atoms with E-state index in [4.69, 9.17) is 4.74 Å². The molecule has 21 heavy (non-hydrogen) atoms. The van der Waals surface area contributed by atoms with E-state index in [2.05, 4.69) is 21.8 Å². The van der Waals surface area contributed by atoms with Gasteiger partial charge in [0.25, 0.3) is 0 Å². The topological polar surface area (TPSA) is 56.2 Å². The molecule has 0 atom stereocenters. The lowest BCUT2D eigenvalue weighted by molar-refractivity contribution is 0.0378. The maximum atomic E-state index is 11.7. The monoisotopic (exact) mass is 287 g/mol. The zero-order valence-electron chi connectivity index (χ0n) is 12.7. The fourth-order valence-corrected chi connectivity index (χ4v) is 1.98. The van der Waals surface area contributed by atoms with Crippen molar-refractivity contribution in [2.45, 2.75) is 40.0 Å². The number of rotatable bonds is 6. The van der Waals surface area contributed by atoms with E-state index in [9.17, 15) is 4.79 Å². The Labute approximate surface area is 125 Å². The van der Waals surface area contributed by atoms with E-state index < -0.39 is 0 Å². The van der Waals surface area contributed by atoms with Gasteiger partial charge in [-0.15, -0.1) is 0 Å². The second-order valence-corrected chi connectivity index (χ2v) is 5.06. The van der Waals surface area contributed by atoms with Gasteiger partial charge in [0.15, 0.2) is 0 Å². The third-order valence-electron chi connectivity index (χ3n) is 3.08. The van der Waals surface area contributed by atoms with Gasteiger partial charge in [-0.1, -0.05) is 0 Å². The molecule has 1 N–H and O–H groups in total. The number of nitrogens with one attached hydrogen (secondary N) is 1. The smallest absolute Gasteiger partial charge is 0.338 e. The Hall–Kier alpha value is -2.30. The van der Waals surface area contributed by atoms with Crippen LogP contribution in [-0.4, -0.2) is 21.6 Å². The molecule has 112 valence electrons. The van der Waals surface area contributed by atoms with Gasteiger partial charge in [0.05, 0.1) is 30.2 Å². The first kappa shape index (κ1) is 15.1. The van der Waals surface area contributed by atoms with E-state index in [0.717, 1.165) is 17.9 Å². The van der Waals surface area contributed by atoms with E-state index in [-0.39, 0.29) is 12.1 Å². The van der Waals surface area contributed by atoms with Gasteiger partial charge >= 0.3 is 5.97 Å². The predicted molar refractivity (Wildman–Crippen MR) is 82.2 cm³/mol. The molecule has 2 rings (SSSR count). The molecule has 0 bridgehead atoms. The number of esters is 1. The van der Waals surface area contributed by atoms with Gasteiger partial charge in [-0.2, -0.15) is 0 Å². The Morgan fingerprint density at radius 1 is 1.33 bits per heavy atom. The van der Waals surface area contributed by atoms with Crippen LogP contribution in [0.2, 0.25) is 0 Å². The molecule has 0 aliphatic rings. The number of nitrogens with zero attached hydrogens (tertiary/aromatic N) is 2. The van der Waals surface area contributed by atoms with Crippen LogP contribution in [0.3, 0.4) is 0 Å². The molecule has 1 heterocycles. The van der Waals surface area contributed by atoms with E-state index >= 15 is 0 Å². The number of benzene rings is 1. The van der Waals surface area contributed by atoms with Crippen molar-refractivity contribution in [3.8, 4) is 0 Å². The lowest BCUT2D eigenvalue weighted by Crippen LogP contribution is -2.11. The first-order chi connectivity index (χ1) is 10.1. The zero-order chi connectivity index (χ0) is 15.2. The minimum Gasteiger partial charge on any atom is -0.459 e. The Kier molecular flexibility index (Phi) is 4.98. The SMILES string of the molecule is CCn1cncc1CNc1ccc(C(=O)OC(C)C)cc1. The molecule has 1 aromatic heterocycles. The van der Waals surface area contributed by atoms with Gasteiger partial charge < -0.3 is 14.6 Å². The van der Waals surface area contributed by atoms with Crippen LogP contribution < -0.4 is 5.32 Å². The normalized spacial score (nSPS) is 10.7. The zero-order valence-corrected chi connectivity index (χ0v) is 12.7. The molecular weight excluding hydrogens is 266 g/mol. The Morgan fingerprint density at radius 2 is 2.05 bits per heavy atom. The van der Waals surface area contributed by atoms with Crippen LogP contribution in [0.1, 0.15) is 36.8 Å². The van der Waals surface area contributed by atoms with Crippen molar-refractivity contribution < 1.29 is 9.53 Å². The quantitative estimate of drug-likeness (QED) is 0.830. The minimum atomic E-state index is -0.291.